The van der Waals surface area contributed by atoms with E-state index in [0.717, 1.165) is 16.9 Å². The first-order chi connectivity index (χ1) is 15.7. The lowest BCUT2D eigenvalue weighted by molar-refractivity contribution is 0.0947. The summed E-state index contributed by atoms with van der Waals surface area (Å²) in [4.78, 5) is 12.4. The van der Waals surface area contributed by atoms with Gasteiger partial charge in [-0.05, 0) is 79.6 Å². The molecule has 0 radical (unpaired) electrons. The highest BCUT2D eigenvalue weighted by molar-refractivity contribution is 7.92. The van der Waals surface area contributed by atoms with E-state index in [1.807, 2.05) is 19.9 Å². The lowest BCUT2D eigenvalue weighted by Gasteiger charge is -2.13. The first kappa shape index (κ1) is 24.4. The number of aryl methyl sites for hydroxylation is 2. The molecule has 1 amide bonds. The van der Waals surface area contributed by atoms with Gasteiger partial charge in [0, 0.05) is 11.3 Å². The van der Waals surface area contributed by atoms with Gasteiger partial charge in [-0.2, -0.15) is 0 Å². The third kappa shape index (κ3) is 6.40. The summed E-state index contributed by atoms with van der Waals surface area (Å²) in [6.45, 7) is 4.31. The van der Waals surface area contributed by atoms with Crippen molar-refractivity contribution in [3.63, 3.8) is 0 Å². The quantitative estimate of drug-likeness (QED) is 0.430. The van der Waals surface area contributed by atoms with Gasteiger partial charge in [-0.1, -0.05) is 17.7 Å². The Morgan fingerprint density at radius 1 is 0.939 bits per heavy atom. The van der Waals surface area contributed by atoms with Crippen molar-refractivity contribution in [1.82, 2.24) is 5.32 Å². The zero-order valence-electron chi connectivity index (χ0n) is 18.5. The van der Waals surface area contributed by atoms with E-state index in [0.29, 0.717) is 11.4 Å². The summed E-state index contributed by atoms with van der Waals surface area (Å²) in [7, 11) is -2.41. The number of carbonyl (C=O) groups excluding carboxylic acids is 1. The predicted octanol–water partition coefficient (Wildman–Crippen LogP) is 4.58. The van der Waals surface area contributed by atoms with Crippen LogP contribution in [0.4, 0.5) is 5.69 Å². The number of anilines is 1. The number of sulfonamides is 1. The molecule has 0 aliphatic carbocycles. The van der Waals surface area contributed by atoms with Gasteiger partial charge in [0.15, 0.2) is 0 Å². The molecule has 3 rings (SSSR count). The van der Waals surface area contributed by atoms with Gasteiger partial charge in [0.25, 0.3) is 15.9 Å². The van der Waals surface area contributed by atoms with Crippen molar-refractivity contribution < 1.29 is 22.7 Å². The van der Waals surface area contributed by atoms with Crippen molar-refractivity contribution in [2.75, 3.05) is 25.0 Å². The van der Waals surface area contributed by atoms with Crippen molar-refractivity contribution in [2.24, 2.45) is 0 Å². The van der Waals surface area contributed by atoms with Crippen LogP contribution in [-0.4, -0.2) is 34.6 Å². The van der Waals surface area contributed by atoms with Crippen LogP contribution in [0.25, 0.3) is 0 Å². The van der Waals surface area contributed by atoms with E-state index in [4.69, 9.17) is 21.1 Å². The average molecular weight is 489 g/mol. The van der Waals surface area contributed by atoms with E-state index in [1.165, 1.54) is 18.2 Å². The van der Waals surface area contributed by atoms with Gasteiger partial charge in [0.1, 0.15) is 23.0 Å². The lowest BCUT2D eigenvalue weighted by Crippen LogP contribution is -2.28. The number of methoxy groups -OCH3 is 1. The maximum absolute atomic E-state index is 12.9. The molecule has 0 saturated heterocycles. The molecule has 0 atom stereocenters. The number of carbonyl (C=O) groups is 1. The summed E-state index contributed by atoms with van der Waals surface area (Å²) in [5.41, 5.74) is 2.58. The molecular formula is C24H25ClN2O5S. The van der Waals surface area contributed by atoms with Crippen LogP contribution in [0, 0.1) is 13.8 Å². The van der Waals surface area contributed by atoms with Gasteiger partial charge in [0.2, 0.25) is 0 Å². The molecule has 0 unspecified atom stereocenters. The van der Waals surface area contributed by atoms with E-state index >= 15 is 0 Å². The van der Waals surface area contributed by atoms with E-state index in [9.17, 15) is 13.2 Å². The molecule has 0 spiro atoms. The summed E-state index contributed by atoms with van der Waals surface area (Å²) >= 11 is 6.14. The molecule has 0 bridgehead atoms. The zero-order chi connectivity index (χ0) is 24.0. The van der Waals surface area contributed by atoms with Crippen molar-refractivity contribution in [3.8, 4) is 11.5 Å². The fourth-order valence-electron chi connectivity index (χ4n) is 2.97. The number of amides is 1. The third-order valence-electron chi connectivity index (χ3n) is 4.96. The fourth-order valence-corrected chi connectivity index (χ4v) is 4.55. The summed E-state index contributed by atoms with van der Waals surface area (Å²) < 4.78 is 39.0. The Labute approximate surface area is 198 Å². The number of halogens is 1. The Morgan fingerprint density at radius 2 is 1.64 bits per heavy atom. The molecule has 0 heterocycles. The zero-order valence-corrected chi connectivity index (χ0v) is 20.1. The number of rotatable bonds is 9. The Hall–Kier alpha value is -3.23. The Morgan fingerprint density at radius 3 is 2.30 bits per heavy atom. The number of nitrogens with one attached hydrogen (secondary N) is 2. The minimum absolute atomic E-state index is 0.0192. The highest BCUT2D eigenvalue weighted by Gasteiger charge is 2.20. The average Bonchev–Trinajstić information content (AvgIpc) is 2.79. The Kier molecular flexibility index (Phi) is 7.84. The molecule has 3 aromatic carbocycles. The summed E-state index contributed by atoms with van der Waals surface area (Å²) in [5, 5.41) is 2.73. The van der Waals surface area contributed by atoms with Gasteiger partial charge < -0.3 is 14.8 Å². The number of hydrogen-bond donors (Lipinski definition) is 2. The van der Waals surface area contributed by atoms with Crippen LogP contribution in [0.15, 0.2) is 65.6 Å². The number of hydrogen-bond acceptors (Lipinski definition) is 5. The fraction of sp³-hybridized carbons (Fsp3) is 0.208. The molecule has 0 saturated carbocycles. The van der Waals surface area contributed by atoms with Crippen LogP contribution in [0.5, 0.6) is 11.5 Å². The minimum atomic E-state index is -3.99. The molecule has 0 aliphatic heterocycles. The van der Waals surface area contributed by atoms with Crippen LogP contribution < -0.4 is 19.5 Å². The van der Waals surface area contributed by atoms with Crippen LogP contribution in [0.1, 0.15) is 21.5 Å². The lowest BCUT2D eigenvalue weighted by atomic mass is 10.1. The van der Waals surface area contributed by atoms with E-state index < -0.39 is 15.9 Å². The number of ether oxygens (including phenoxy) is 2. The van der Waals surface area contributed by atoms with Crippen molar-refractivity contribution in [1.29, 1.82) is 0 Å². The molecule has 0 aliphatic rings. The molecule has 174 valence electrons. The van der Waals surface area contributed by atoms with Gasteiger partial charge >= 0.3 is 0 Å². The van der Waals surface area contributed by atoms with Gasteiger partial charge in [0.05, 0.1) is 18.7 Å². The van der Waals surface area contributed by atoms with Crippen LogP contribution >= 0.6 is 11.6 Å². The third-order valence-corrected chi connectivity index (χ3v) is 6.82. The molecule has 0 fully saturated rings. The molecule has 9 heteroatoms. The predicted molar refractivity (Wildman–Crippen MR) is 129 cm³/mol. The van der Waals surface area contributed by atoms with Crippen molar-refractivity contribution in [2.45, 2.75) is 18.7 Å². The van der Waals surface area contributed by atoms with Gasteiger partial charge in [-0.15, -0.1) is 0 Å². The summed E-state index contributed by atoms with van der Waals surface area (Å²) in [6.07, 6.45) is 0. The summed E-state index contributed by atoms with van der Waals surface area (Å²) in [5.74, 6) is 0.922. The van der Waals surface area contributed by atoms with E-state index in [2.05, 4.69) is 10.0 Å². The second-order valence-corrected chi connectivity index (χ2v) is 9.39. The summed E-state index contributed by atoms with van der Waals surface area (Å²) in [6, 6.07) is 16.4. The van der Waals surface area contributed by atoms with Crippen LogP contribution in [-0.2, 0) is 10.0 Å². The van der Waals surface area contributed by atoms with E-state index in [1.54, 1.807) is 43.5 Å². The first-order valence-corrected chi connectivity index (χ1v) is 12.0. The van der Waals surface area contributed by atoms with Crippen molar-refractivity contribution >= 4 is 33.2 Å². The monoisotopic (exact) mass is 488 g/mol. The molecule has 33 heavy (non-hydrogen) atoms. The van der Waals surface area contributed by atoms with Crippen LogP contribution in [0.2, 0.25) is 5.02 Å². The van der Waals surface area contributed by atoms with Gasteiger partial charge in [-0.25, -0.2) is 8.42 Å². The smallest absolute Gasteiger partial charge is 0.263 e. The highest BCUT2D eigenvalue weighted by Crippen LogP contribution is 2.26. The maximum Gasteiger partial charge on any atom is 0.263 e. The molecule has 3 aromatic rings. The molecule has 7 nitrogen and oxygen atoms in total. The van der Waals surface area contributed by atoms with Crippen LogP contribution in [0.3, 0.4) is 0 Å². The second-order valence-electron chi connectivity index (χ2n) is 7.33. The Balaban J connectivity index is 1.64. The van der Waals surface area contributed by atoms with Crippen molar-refractivity contribution in [3.05, 3.63) is 82.4 Å². The molecule has 2 N–H and O–H groups in total. The normalized spacial score (nSPS) is 11.0. The topological polar surface area (TPSA) is 93.7 Å². The second kappa shape index (κ2) is 10.6. The minimum Gasteiger partial charge on any atom is -0.497 e. The number of benzene rings is 3. The van der Waals surface area contributed by atoms with Gasteiger partial charge in [-0.3, -0.25) is 9.52 Å². The Bertz CT molecular complexity index is 1240. The largest absolute Gasteiger partial charge is 0.497 e. The maximum atomic E-state index is 12.9. The van der Waals surface area contributed by atoms with E-state index in [-0.39, 0.29) is 28.6 Å². The molecule has 0 aromatic heterocycles. The molecular weight excluding hydrogens is 464 g/mol. The first-order valence-electron chi connectivity index (χ1n) is 10.1. The highest BCUT2D eigenvalue weighted by atomic mass is 35.5. The standard InChI is InChI=1S/C24H25ClN2O5S/c1-16-4-6-19(14-17(16)2)27-33(29,30)23-15-18(5-11-22(23)25)24(28)26-12-13-32-21-9-7-20(31-3)8-10-21/h4-11,14-15,27H,12-13H2,1-3H3,(H,26,28). The SMILES string of the molecule is COc1ccc(OCCNC(=O)c2ccc(Cl)c(S(=O)(=O)Nc3ccc(C)c(C)c3)c2)cc1.